The van der Waals surface area contributed by atoms with Gasteiger partial charge in [0, 0.05) is 6.42 Å². The summed E-state index contributed by atoms with van der Waals surface area (Å²) in [6.07, 6.45) is 0.105. The molecule has 0 aliphatic rings. The zero-order chi connectivity index (χ0) is 19.9. The maximum atomic E-state index is 12.7. The monoisotopic (exact) mass is 389 g/mol. The summed E-state index contributed by atoms with van der Waals surface area (Å²) < 4.78 is 5.31. The van der Waals surface area contributed by atoms with Gasteiger partial charge in [0.25, 0.3) is 0 Å². The molecule has 3 aromatic carbocycles. The van der Waals surface area contributed by atoms with Gasteiger partial charge >= 0.3 is 5.97 Å². The van der Waals surface area contributed by atoms with E-state index in [0.717, 1.165) is 5.56 Å². The number of para-hydroxylation sites is 1. The van der Waals surface area contributed by atoms with E-state index < -0.39 is 11.9 Å². The van der Waals surface area contributed by atoms with Crippen LogP contribution < -0.4 is 4.74 Å². The van der Waals surface area contributed by atoms with Crippen molar-refractivity contribution < 1.29 is 14.3 Å². The average molecular weight is 390 g/mol. The predicted molar refractivity (Wildman–Crippen MR) is 106 cm³/mol. The first-order chi connectivity index (χ1) is 13.6. The molecule has 0 saturated heterocycles. The Morgan fingerprint density at radius 3 is 2.21 bits per heavy atom. The SMILES string of the molecule is N#CC(C(=O)Cc1ccccc1)c1cccc(C(=O)Oc2ccccc2)c1Cl. The third-order valence-electron chi connectivity index (χ3n) is 4.19. The number of carbonyl (C=O) groups excluding carboxylic acids is 2. The Morgan fingerprint density at radius 2 is 1.57 bits per heavy atom. The van der Waals surface area contributed by atoms with Gasteiger partial charge in [-0.05, 0) is 29.3 Å². The van der Waals surface area contributed by atoms with E-state index in [9.17, 15) is 14.9 Å². The molecule has 1 atom stereocenters. The van der Waals surface area contributed by atoms with E-state index in [2.05, 4.69) is 0 Å². The van der Waals surface area contributed by atoms with Crippen LogP contribution in [-0.2, 0) is 11.2 Å². The molecule has 1 unspecified atom stereocenters. The van der Waals surface area contributed by atoms with E-state index in [1.54, 1.807) is 42.5 Å². The van der Waals surface area contributed by atoms with Crippen LogP contribution in [0, 0.1) is 11.3 Å². The van der Waals surface area contributed by atoms with Gasteiger partial charge in [0.05, 0.1) is 16.7 Å². The van der Waals surface area contributed by atoms with E-state index in [1.807, 2.05) is 36.4 Å². The minimum absolute atomic E-state index is 0.0522. The molecule has 0 radical (unpaired) electrons. The topological polar surface area (TPSA) is 67.2 Å². The number of hydrogen-bond acceptors (Lipinski definition) is 4. The van der Waals surface area contributed by atoms with Crippen LogP contribution >= 0.6 is 11.6 Å². The molecule has 0 saturated carbocycles. The number of nitriles is 1. The van der Waals surface area contributed by atoms with Crippen LogP contribution in [-0.4, -0.2) is 11.8 Å². The summed E-state index contributed by atoms with van der Waals surface area (Å²) in [4.78, 5) is 25.2. The normalized spacial score (nSPS) is 11.3. The maximum Gasteiger partial charge on any atom is 0.345 e. The number of ether oxygens (including phenoxy) is 1. The van der Waals surface area contributed by atoms with Crippen molar-refractivity contribution in [1.82, 2.24) is 0 Å². The number of Topliss-reactive ketones (excluding diaryl/α,β-unsaturated/α-hetero) is 1. The fraction of sp³-hybridized carbons (Fsp3) is 0.0870. The number of nitrogens with zero attached hydrogens (tertiary/aromatic N) is 1. The third kappa shape index (κ3) is 4.46. The van der Waals surface area contributed by atoms with Gasteiger partial charge in [-0.3, -0.25) is 4.79 Å². The average Bonchev–Trinajstić information content (AvgIpc) is 2.71. The summed E-state index contributed by atoms with van der Waals surface area (Å²) in [5, 5.41) is 9.62. The van der Waals surface area contributed by atoms with Crippen molar-refractivity contribution in [1.29, 1.82) is 5.26 Å². The van der Waals surface area contributed by atoms with E-state index in [0.29, 0.717) is 11.3 Å². The van der Waals surface area contributed by atoms with E-state index >= 15 is 0 Å². The largest absolute Gasteiger partial charge is 0.423 e. The zero-order valence-corrected chi connectivity index (χ0v) is 15.6. The number of carbonyl (C=O) groups is 2. The summed E-state index contributed by atoms with van der Waals surface area (Å²) in [5.41, 5.74) is 1.21. The lowest BCUT2D eigenvalue weighted by Gasteiger charge is -2.13. The van der Waals surface area contributed by atoms with Gasteiger partial charge in [0.2, 0.25) is 0 Å². The third-order valence-corrected chi connectivity index (χ3v) is 4.61. The minimum atomic E-state index is -1.07. The number of esters is 1. The molecule has 5 heteroatoms. The Kier molecular flexibility index (Phi) is 6.21. The Balaban J connectivity index is 1.85. The van der Waals surface area contributed by atoms with Crippen LogP contribution in [0.5, 0.6) is 5.75 Å². The Hall–Kier alpha value is -3.42. The standard InChI is InChI=1S/C23H16ClNO3/c24-22-18(20(15-25)21(26)14-16-8-3-1-4-9-16)12-7-13-19(22)23(27)28-17-10-5-2-6-11-17/h1-13,20H,14H2. The summed E-state index contributed by atoms with van der Waals surface area (Å²) >= 11 is 6.39. The summed E-state index contributed by atoms with van der Waals surface area (Å²) in [7, 11) is 0. The molecule has 0 heterocycles. The second-order valence-corrected chi connectivity index (χ2v) is 6.48. The molecule has 0 fully saturated rings. The van der Waals surface area contributed by atoms with Crippen molar-refractivity contribution in [3.8, 4) is 11.8 Å². The second-order valence-electron chi connectivity index (χ2n) is 6.10. The molecular formula is C23H16ClNO3. The first kappa shape index (κ1) is 19.3. The zero-order valence-electron chi connectivity index (χ0n) is 14.8. The number of hydrogen-bond donors (Lipinski definition) is 0. The van der Waals surface area contributed by atoms with Gasteiger partial charge in [-0.1, -0.05) is 72.3 Å². The summed E-state index contributed by atoms with van der Waals surface area (Å²) in [5.74, 6) is -1.63. The van der Waals surface area contributed by atoms with Crippen LogP contribution in [0.2, 0.25) is 5.02 Å². The molecule has 4 nitrogen and oxygen atoms in total. The van der Waals surface area contributed by atoms with Gasteiger partial charge in [-0.2, -0.15) is 5.26 Å². The lowest BCUT2D eigenvalue weighted by molar-refractivity contribution is -0.118. The maximum absolute atomic E-state index is 12.7. The highest BCUT2D eigenvalue weighted by Gasteiger charge is 2.26. The summed E-state index contributed by atoms with van der Waals surface area (Å²) in [6, 6.07) is 24.4. The molecule has 0 spiro atoms. The molecule has 0 bridgehead atoms. The van der Waals surface area contributed by atoms with Crippen molar-refractivity contribution in [3.05, 3.63) is 101 Å². The van der Waals surface area contributed by atoms with E-state index in [-0.39, 0.29) is 22.8 Å². The molecule has 28 heavy (non-hydrogen) atoms. The molecular weight excluding hydrogens is 374 g/mol. The smallest absolute Gasteiger partial charge is 0.345 e. The van der Waals surface area contributed by atoms with Crippen LogP contribution in [0.3, 0.4) is 0 Å². The lowest BCUT2D eigenvalue weighted by Crippen LogP contribution is -2.16. The van der Waals surface area contributed by atoms with Crippen molar-refractivity contribution in [2.24, 2.45) is 0 Å². The minimum Gasteiger partial charge on any atom is -0.423 e. The van der Waals surface area contributed by atoms with Gasteiger partial charge < -0.3 is 4.74 Å². The quantitative estimate of drug-likeness (QED) is 0.440. The molecule has 138 valence electrons. The molecule has 0 N–H and O–H groups in total. The number of rotatable bonds is 6. The molecule has 3 rings (SSSR count). The molecule has 0 aromatic heterocycles. The number of ketones is 1. The van der Waals surface area contributed by atoms with Crippen molar-refractivity contribution in [2.45, 2.75) is 12.3 Å². The molecule has 0 aliphatic carbocycles. The highest BCUT2D eigenvalue weighted by atomic mass is 35.5. The van der Waals surface area contributed by atoms with Crippen molar-refractivity contribution >= 4 is 23.4 Å². The van der Waals surface area contributed by atoms with Gasteiger partial charge in [0.15, 0.2) is 5.78 Å². The van der Waals surface area contributed by atoms with Crippen LogP contribution in [0.1, 0.15) is 27.4 Å². The molecule has 3 aromatic rings. The molecule has 0 amide bonds. The van der Waals surface area contributed by atoms with Crippen LogP contribution in [0.4, 0.5) is 0 Å². The van der Waals surface area contributed by atoms with E-state index in [1.165, 1.54) is 6.07 Å². The highest BCUT2D eigenvalue weighted by molar-refractivity contribution is 6.34. The lowest BCUT2D eigenvalue weighted by atomic mass is 9.91. The number of halogens is 1. The molecule has 0 aliphatic heterocycles. The summed E-state index contributed by atoms with van der Waals surface area (Å²) in [6.45, 7) is 0. The fourth-order valence-corrected chi connectivity index (χ4v) is 3.11. The van der Waals surface area contributed by atoms with Crippen molar-refractivity contribution in [3.63, 3.8) is 0 Å². The predicted octanol–water partition coefficient (Wildman–Crippen LogP) is 4.98. The van der Waals surface area contributed by atoms with Gasteiger partial charge in [-0.15, -0.1) is 0 Å². The van der Waals surface area contributed by atoms with E-state index in [4.69, 9.17) is 16.3 Å². The fourth-order valence-electron chi connectivity index (χ4n) is 2.80. The first-order valence-corrected chi connectivity index (χ1v) is 9.00. The van der Waals surface area contributed by atoms with Crippen molar-refractivity contribution in [2.75, 3.05) is 0 Å². The highest BCUT2D eigenvalue weighted by Crippen LogP contribution is 2.30. The van der Waals surface area contributed by atoms with Crippen LogP contribution in [0.25, 0.3) is 0 Å². The Labute approximate surface area is 168 Å². The Bertz CT molecular complexity index is 1030. The van der Waals surface area contributed by atoms with Crippen LogP contribution in [0.15, 0.2) is 78.9 Å². The second kappa shape index (κ2) is 8.98. The first-order valence-electron chi connectivity index (χ1n) is 8.62. The Morgan fingerprint density at radius 1 is 0.929 bits per heavy atom. The van der Waals surface area contributed by atoms with Gasteiger partial charge in [-0.25, -0.2) is 4.79 Å². The number of benzene rings is 3. The van der Waals surface area contributed by atoms with Gasteiger partial charge in [0.1, 0.15) is 11.7 Å².